The second kappa shape index (κ2) is 8.20. The van der Waals surface area contributed by atoms with Crippen LogP contribution in [0.3, 0.4) is 0 Å². The summed E-state index contributed by atoms with van der Waals surface area (Å²) in [4.78, 5) is 16.3. The Bertz CT molecular complexity index is 898. The summed E-state index contributed by atoms with van der Waals surface area (Å²) in [5.74, 6) is -0.907. The van der Waals surface area contributed by atoms with Gasteiger partial charge >= 0.3 is 0 Å². The lowest BCUT2D eigenvalue weighted by atomic mass is 10.2. The maximum atomic E-state index is 13.6. The summed E-state index contributed by atoms with van der Waals surface area (Å²) in [6.07, 6.45) is 3.02. The predicted molar refractivity (Wildman–Crippen MR) is 95.5 cm³/mol. The highest BCUT2D eigenvalue weighted by molar-refractivity contribution is 5.94. The zero-order valence-electron chi connectivity index (χ0n) is 13.9. The normalized spacial score (nSPS) is 10.4. The van der Waals surface area contributed by atoms with Crippen LogP contribution in [0.5, 0.6) is 0 Å². The first-order valence-electron chi connectivity index (χ1n) is 8.07. The van der Waals surface area contributed by atoms with E-state index in [0.29, 0.717) is 16.8 Å². The molecule has 2 N–H and O–H groups in total. The quantitative estimate of drug-likeness (QED) is 0.707. The number of benzene rings is 2. The van der Waals surface area contributed by atoms with Crippen molar-refractivity contribution in [3.8, 4) is 0 Å². The van der Waals surface area contributed by atoms with Crippen molar-refractivity contribution in [3.63, 3.8) is 0 Å². The monoisotopic (exact) mass is 353 g/mol. The third kappa shape index (κ3) is 4.63. The van der Waals surface area contributed by atoms with E-state index in [4.69, 9.17) is 0 Å². The van der Waals surface area contributed by atoms with Crippen molar-refractivity contribution in [1.82, 2.24) is 10.3 Å². The Morgan fingerprint density at radius 1 is 0.962 bits per heavy atom. The first-order chi connectivity index (χ1) is 12.6. The number of nitrogens with one attached hydrogen (secondary N) is 2. The number of hydrogen-bond acceptors (Lipinski definition) is 3. The fourth-order valence-electron chi connectivity index (χ4n) is 2.39. The Hall–Kier alpha value is -3.28. The van der Waals surface area contributed by atoms with Gasteiger partial charge in [-0.1, -0.05) is 30.3 Å². The van der Waals surface area contributed by atoms with E-state index in [1.165, 1.54) is 24.4 Å². The van der Waals surface area contributed by atoms with Crippen LogP contribution in [0.4, 0.5) is 14.5 Å². The number of carbonyl (C=O) groups is 1. The molecule has 0 aliphatic rings. The van der Waals surface area contributed by atoms with Gasteiger partial charge in [0, 0.05) is 31.0 Å². The third-order valence-electron chi connectivity index (χ3n) is 3.81. The molecule has 0 radical (unpaired) electrons. The van der Waals surface area contributed by atoms with Crippen molar-refractivity contribution in [2.24, 2.45) is 0 Å². The highest BCUT2D eigenvalue weighted by Gasteiger charge is 2.08. The maximum Gasteiger partial charge on any atom is 0.253 e. The highest BCUT2D eigenvalue weighted by atomic mass is 19.1. The largest absolute Gasteiger partial charge is 0.380 e. The first-order valence-corrected chi connectivity index (χ1v) is 8.07. The van der Waals surface area contributed by atoms with Crippen LogP contribution in [0.1, 0.15) is 21.5 Å². The number of rotatable bonds is 6. The van der Waals surface area contributed by atoms with Gasteiger partial charge in [0.1, 0.15) is 11.6 Å². The standard InChI is InChI=1S/C20H17F2N3O/c21-17-7-5-14(6-8-17)10-25-20(26)16-9-18(13-23-11-16)24-12-15-3-1-2-4-19(15)22/h1-9,11,13,24H,10,12H2,(H,25,26). The molecule has 3 rings (SSSR count). The fraction of sp³-hybridized carbons (Fsp3) is 0.100. The molecule has 2 aromatic carbocycles. The molecule has 26 heavy (non-hydrogen) atoms. The second-order valence-corrected chi connectivity index (χ2v) is 5.72. The van der Waals surface area contributed by atoms with Gasteiger partial charge in [-0.25, -0.2) is 8.78 Å². The number of carbonyl (C=O) groups excluding carboxylic acids is 1. The molecule has 1 aromatic heterocycles. The van der Waals surface area contributed by atoms with Crippen molar-refractivity contribution in [2.75, 3.05) is 5.32 Å². The first kappa shape index (κ1) is 17.5. The molecule has 0 atom stereocenters. The Morgan fingerprint density at radius 2 is 1.73 bits per heavy atom. The lowest BCUT2D eigenvalue weighted by molar-refractivity contribution is 0.0950. The molecule has 0 bridgehead atoms. The van der Waals surface area contributed by atoms with Gasteiger partial charge in [-0.2, -0.15) is 0 Å². The van der Waals surface area contributed by atoms with Gasteiger partial charge in [0.15, 0.2) is 0 Å². The van der Waals surface area contributed by atoms with Crippen molar-refractivity contribution in [2.45, 2.75) is 13.1 Å². The molecule has 1 heterocycles. The maximum absolute atomic E-state index is 13.6. The molecule has 1 amide bonds. The Morgan fingerprint density at radius 3 is 2.50 bits per heavy atom. The van der Waals surface area contributed by atoms with E-state index >= 15 is 0 Å². The van der Waals surface area contributed by atoms with E-state index in [0.717, 1.165) is 5.56 Å². The van der Waals surface area contributed by atoms with Crippen LogP contribution in [-0.2, 0) is 13.1 Å². The summed E-state index contributed by atoms with van der Waals surface area (Å²) in [5, 5.41) is 5.81. The smallest absolute Gasteiger partial charge is 0.253 e. The molecular formula is C20H17F2N3O. The van der Waals surface area contributed by atoms with Crippen LogP contribution in [0.2, 0.25) is 0 Å². The fourth-order valence-corrected chi connectivity index (χ4v) is 2.39. The number of anilines is 1. The minimum absolute atomic E-state index is 0.284. The van der Waals surface area contributed by atoms with Crippen LogP contribution >= 0.6 is 0 Å². The van der Waals surface area contributed by atoms with E-state index in [1.807, 2.05) is 0 Å². The van der Waals surface area contributed by atoms with Crippen LogP contribution in [0.15, 0.2) is 67.0 Å². The number of halogens is 2. The molecule has 4 nitrogen and oxygen atoms in total. The summed E-state index contributed by atoms with van der Waals surface area (Å²) in [5.41, 5.74) is 2.31. The van der Waals surface area contributed by atoms with Crippen LogP contribution < -0.4 is 10.6 Å². The molecule has 132 valence electrons. The highest BCUT2D eigenvalue weighted by Crippen LogP contribution is 2.13. The van der Waals surface area contributed by atoms with Gasteiger partial charge in [0.2, 0.25) is 0 Å². The average molecular weight is 353 g/mol. The van der Waals surface area contributed by atoms with Gasteiger partial charge in [-0.3, -0.25) is 9.78 Å². The molecule has 0 fully saturated rings. The van der Waals surface area contributed by atoms with Crippen LogP contribution in [0, 0.1) is 11.6 Å². The van der Waals surface area contributed by atoms with E-state index < -0.39 is 0 Å². The lowest BCUT2D eigenvalue weighted by Crippen LogP contribution is -2.23. The molecule has 0 unspecified atom stereocenters. The SMILES string of the molecule is O=C(NCc1ccc(F)cc1)c1cncc(NCc2ccccc2F)c1. The van der Waals surface area contributed by atoms with Crippen molar-refractivity contribution < 1.29 is 13.6 Å². The summed E-state index contributed by atoms with van der Waals surface area (Å²) in [6.45, 7) is 0.570. The zero-order valence-corrected chi connectivity index (χ0v) is 13.9. The minimum Gasteiger partial charge on any atom is -0.380 e. The Labute approximate surface area is 149 Å². The topological polar surface area (TPSA) is 54.0 Å². The lowest BCUT2D eigenvalue weighted by Gasteiger charge is -2.09. The summed E-state index contributed by atoms with van der Waals surface area (Å²) in [6, 6.07) is 14.0. The summed E-state index contributed by atoms with van der Waals surface area (Å²) >= 11 is 0. The Kier molecular flexibility index (Phi) is 5.53. The number of nitrogens with zero attached hydrogens (tertiary/aromatic N) is 1. The number of hydrogen-bond donors (Lipinski definition) is 2. The summed E-state index contributed by atoms with van der Waals surface area (Å²) < 4.78 is 26.5. The summed E-state index contributed by atoms with van der Waals surface area (Å²) in [7, 11) is 0. The number of aromatic nitrogens is 1. The Balaban J connectivity index is 1.60. The van der Waals surface area contributed by atoms with E-state index in [2.05, 4.69) is 15.6 Å². The molecule has 0 saturated heterocycles. The predicted octanol–water partition coefficient (Wildman–Crippen LogP) is 3.90. The molecule has 0 saturated carbocycles. The number of pyridine rings is 1. The van der Waals surface area contributed by atoms with E-state index in [9.17, 15) is 13.6 Å². The van der Waals surface area contributed by atoms with Gasteiger partial charge in [-0.05, 0) is 29.8 Å². The molecule has 0 aliphatic carbocycles. The molecule has 0 aliphatic heterocycles. The van der Waals surface area contributed by atoms with E-state index in [-0.39, 0.29) is 30.6 Å². The second-order valence-electron chi connectivity index (χ2n) is 5.72. The van der Waals surface area contributed by atoms with Gasteiger partial charge < -0.3 is 10.6 Å². The third-order valence-corrected chi connectivity index (χ3v) is 3.81. The van der Waals surface area contributed by atoms with Gasteiger partial charge in [0.25, 0.3) is 5.91 Å². The van der Waals surface area contributed by atoms with Crippen molar-refractivity contribution in [1.29, 1.82) is 0 Å². The van der Waals surface area contributed by atoms with Crippen molar-refractivity contribution in [3.05, 3.63) is 95.3 Å². The van der Waals surface area contributed by atoms with Crippen molar-refractivity contribution >= 4 is 11.6 Å². The molecule has 3 aromatic rings. The van der Waals surface area contributed by atoms with Crippen LogP contribution in [-0.4, -0.2) is 10.9 Å². The average Bonchev–Trinajstić information content (AvgIpc) is 2.67. The molecule has 6 heteroatoms. The minimum atomic E-state index is -0.321. The molecular weight excluding hydrogens is 336 g/mol. The zero-order chi connectivity index (χ0) is 18.4. The number of amides is 1. The van der Waals surface area contributed by atoms with Gasteiger partial charge in [-0.15, -0.1) is 0 Å². The molecule has 0 spiro atoms. The van der Waals surface area contributed by atoms with E-state index in [1.54, 1.807) is 42.6 Å². The van der Waals surface area contributed by atoms with Gasteiger partial charge in [0.05, 0.1) is 11.3 Å². The van der Waals surface area contributed by atoms with Crippen LogP contribution in [0.25, 0.3) is 0 Å².